The number of tetrazole rings is 1. The molecule has 1 aromatic heterocycles. The van der Waals surface area contributed by atoms with Gasteiger partial charge in [0.25, 0.3) is 0 Å². The van der Waals surface area contributed by atoms with Crippen molar-refractivity contribution < 1.29 is 14.3 Å². The quantitative estimate of drug-likeness (QED) is 0.662. The lowest BCUT2D eigenvalue weighted by Crippen LogP contribution is -2.14. The first-order valence-corrected chi connectivity index (χ1v) is 9.69. The van der Waals surface area contributed by atoms with Gasteiger partial charge in [0.15, 0.2) is 11.5 Å². The van der Waals surface area contributed by atoms with E-state index in [0.717, 1.165) is 16.8 Å². The minimum atomic E-state index is -0.157. The lowest BCUT2D eigenvalue weighted by molar-refractivity contribution is -0.113. The Morgan fingerprint density at radius 1 is 1.14 bits per heavy atom. The van der Waals surface area contributed by atoms with Crippen LogP contribution in [0.25, 0.3) is 5.69 Å². The molecule has 144 valence electrons. The van der Waals surface area contributed by atoms with Crippen LogP contribution >= 0.6 is 11.8 Å². The van der Waals surface area contributed by atoms with Gasteiger partial charge in [0.2, 0.25) is 17.9 Å². The Balaban J connectivity index is 1.45. The summed E-state index contributed by atoms with van der Waals surface area (Å²) >= 11 is 1.28. The number of nitrogens with one attached hydrogen (secondary N) is 1. The number of carbonyl (C=O) groups is 1. The molecule has 2 aromatic carbocycles. The topological polar surface area (TPSA) is 91.2 Å². The summed E-state index contributed by atoms with van der Waals surface area (Å²) in [5.41, 5.74) is 4.94. The summed E-state index contributed by atoms with van der Waals surface area (Å²) in [4.78, 5) is 12.4. The summed E-state index contributed by atoms with van der Waals surface area (Å²) in [6.45, 7) is 6.30. The summed E-state index contributed by atoms with van der Waals surface area (Å²) in [6, 6.07) is 9.47. The summed E-state index contributed by atoms with van der Waals surface area (Å²) in [6.07, 6.45) is 0. The molecular weight excluding hydrogens is 378 g/mol. The van der Waals surface area contributed by atoms with Gasteiger partial charge in [-0.05, 0) is 54.5 Å². The van der Waals surface area contributed by atoms with Crippen molar-refractivity contribution in [2.24, 2.45) is 0 Å². The fourth-order valence-electron chi connectivity index (χ4n) is 3.22. The van der Waals surface area contributed by atoms with Crippen LogP contribution in [0.1, 0.15) is 16.7 Å². The van der Waals surface area contributed by atoms with E-state index in [-0.39, 0.29) is 18.5 Å². The van der Waals surface area contributed by atoms with Crippen molar-refractivity contribution in [3.05, 3.63) is 47.0 Å². The molecule has 1 N–H and O–H groups in total. The number of rotatable bonds is 5. The second-order valence-electron chi connectivity index (χ2n) is 6.53. The smallest absolute Gasteiger partial charge is 0.234 e. The SMILES string of the molecule is Cc1cc(C)c(-n2nnnc2SCC(=O)Nc2ccc3c(c2)OCO3)c(C)c1. The van der Waals surface area contributed by atoms with E-state index in [1.807, 2.05) is 13.8 Å². The monoisotopic (exact) mass is 397 g/mol. The Bertz CT molecular complexity index is 1030. The van der Waals surface area contributed by atoms with Gasteiger partial charge in [0.1, 0.15) is 0 Å². The Morgan fingerprint density at radius 2 is 1.89 bits per heavy atom. The first kappa shape index (κ1) is 18.3. The number of fused-ring (bicyclic) bond motifs is 1. The fraction of sp³-hybridized carbons (Fsp3) is 0.263. The van der Waals surface area contributed by atoms with Crippen LogP contribution in [0.3, 0.4) is 0 Å². The summed E-state index contributed by atoms with van der Waals surface area (Å²) in [5, 5.41) is 15.4. The molecule has 0 saturated carbocycles. The molecule has 8 nitrogen and oxygen atoms in total. The third kappa shape index (κ3) is 3.65. The van der Waals surface area contributed by atoms with Crippen LogP contribution in [0, 0.1) is 20.8 Å². The van der Waals surface area contributed by atoms with Gasteiger partial charge in [-0.3, -0.25) is 4.79 Å². The summed E-state index contributed by atoms with van der Waals surface area (Å²) in [5.74, 6) is 1.32. The molecule has 0 aliphatic carbocycles. The molecule has 0 saturated heterocycles. The molecule has 0 radical (unpaired) electrons. The fourth-order valence-corrected chi connectivity index (χ4v) is 3.89. The van der Waals surface area contributed by atoms with Crippen molar-refractivity contribution in [3.8, 4) is 17.2 Å². The van der Waals surface area contributed by atoms with Crippen molar-refractivity contribution in [2.45, 2.75) is 25.9 Å². The minimum absolute atomic E-state index is 0.157. The van der Waals surface area contributed by atoms with Gasteiger partial charge in [-0.1, -0.05) is 29.5 Å². The summed E-state index contributed by atoms with van der Waals surface area (Å²) in [7, 11) is 0. The highest BCUT2D eigenvalue weighted by atomic mass is 32.2. The molecule has 9 heteroatoms. The Hall–Kier alpha value is -3.07. The van der Waals surface area contributed by atoms with E-state index in [4.69, 9.17) is 9.47 Å². The Labute approximate surface area is 166 Å². The third-order valence-corrected chi connectivity index (χ3v) is 5.20. The van der Waals surface area contributed by atoms with Crippen molar-refractivity contribution in [1.82, 2.24) is 20.2 Å². The van der Waals surface area contributed by atoms with Crippen molar-refractivity contribution in [3.63, 3.8) is 0 Å². The van der Waals surface area contributed by atoms with Gasteiger partial charge in [0.05, 0.1) is 11.4 Å². The summed E-state index contributed by atoms with van der Waals surface area (Å²) < 4.78 is 12.3. The number of nitrogens with zero attached hydrogens (tertiary/aromatic N) is 4. The first-order chi connectivity index (χ1) is 13.5. The molecule has 3 aromatic rings. The third-order valence-electron chi connectivity index (χ3n) is 4.28. The van der Waals surface area contributed by atoms with Gasteiger partial charge < -0.3 is 14.8 Å². The molecule has 0 fully saturated rings. The standard InChI is InChI=1S/C19H19N5O3S/c1-11-6-12(2)18(13(3)7-11)24-19(21-22-23-24)28-9-17(25)20-14-4-5-15-16(8-14)27-10-26-15/h4-8H,9-10H2,1-3H3,(H,20,25). The van der Waals surface area contributed by atoms with Crippen LogP contribution in [0.2, 0.25) is 0 Å². The van der Waals surface area contributed by atoms with Crippen molar-refractivity contribution in [1.29, 1.82) is 0 Å². The molecule has 0 bridgehead atoms. The number of aromatic nitrogens is 4. The highest BCUT2D eigenvalue weighted by Crippen LogP contribution is 2.34. The van der Waals surface area contributed by atoms with E-state index in [1.54, 1.807) is 22.9 Å². The van der Waals surface area contributed by atoms with Gasteiger partial charge in [0, 0.05) is 11.8 Å². The molecule has 1 amide bonds. The number of hydrogen-bond donors (Lipinski definition) is 1. The zero-order valence-electron chi connectivity index (χ0n) is 15.7. The number of aryl methyl sites for hydroxylation is 3. The maximum atomic E-state index is 12.4. The largest absolute Gasteiger partial charge is 0.454 e. The molecule has 0 atom stereocenters. The van der Waals surface area contributed by atoms with Crippen LogP contribution in [-0.2, 0) is 4.79 Å². The average molecular weight is 397 g/mol. The predicted octanol–water partition coefficient (Wildman–Crippen LogP) is 3.05. The van der Waals surface area contributed by atoms with Crippen LogP contribution in [0.4, 0.5) is 5.69 Å². The molecular formula is C19H19N5O3S. The molecule has 0 spiro atoms. The maximum Gasteiger partial charge on any atom is 0.234 e. The highest BCUT2D eigenvalue weighted by molar-refractivity contribution is 7.99. The number of thioether (sulfide) groups is 1. The van der Waals surface area contributed by atoms with E-state index >= 15 is 0 Å². The van der Waals surface area contributed by atoms with Gasteiger partial charge in [-0.15, -0.1) is 5.10 Å². The molecule has 28 heavy (non-hydrogen) atoms. The van der Waals surface area contributed by atoms with Crippen LogP contribution in [-0.4, -0.2) is 38.7 Å². The van der Waals surface area contributed by atoms with Crippen LogP contribution in [0.5, 0.6) is 11.5 Å². The van der Waals surface area contributed by atoms with E-state index in [0.29, 0.717) is 22.3 Å². The Morgan fingerprint density at radius 3 is 2.68 bits per heavy atom. The zero-order valence-corrected chi connectivity index (χ0v) is 16.5. The number of benzene rings is 2. The lowest BCUT2D eigenvalue weighted by Gasteiger charge is -2.12. The number of anilines is 1. The van der Waals surface area contributed by atoms with Crippen molar-refractivity contribution >= 4 is 23.4 Å². The number of amides is 1. The first-order valence-electron chi connectivity index (χ1n) is 8.70. The second kappa shape index (κ2) is 7.51. The molecule has 2 heterocycles. The normalized spacial score (nSPS) is 12.2. The molecule has 1 aliphatic rings. The number of ether oxygens (including phenoxy) is 2. The van der Waals surface area contributed by atoms with E-state index in [1.165, 1.54) is 17.3 Å². The van der Waals surface area contributed by atoms with Gasteiger partial charge >= 0.3 is 0 Å². The molecule has 0 unspecified atom stereocenters. The number of carbonyl (C=O) groups excluding carboxylic acids is 1. The van der Waals surface area contributed by atoms with Gasteiger partial charge in [-0.25, -0.2) is 0 Å². The van der Waals surface area contributed by atoms with E-state index in [9.17, 15) is 4.79 Å². The maximum absolute atomic E-state index is 12.4. The lowest BCUT2D eigenvalue weighted by atomic mass is 10.1. The molecule has 4 rings (SSSR count). The van der Waals surface area contributed by atoms with Crippen LogP contribution in [0.15, 0.2) is 35.5 Å². The average Bonchev–Trinajstić information content (AvgIpc) is 3.28. The Kier molecular flexibility index (Phi) is 4.91. The van der Waals surface area contributed by atoms with Crippen molar-refractivity contribution in [2.75, 3.05) is 17.9 Å². The minimum Gasteiger partial charge on any atom is -0.454 e. The number of hydrogen-bond acceptors (Lipinski definition) is 7. The molecule has 1 aliphatic heterocycles. The van der Waals surface area contributed by atoms with E-state index in [2.05, 4.69) is 39.9 Å². The zero-order chi connectivity index (χ0) is 19.7. The predicted molar refractivity (Wildman–Crippen MR) is 105 cm³/mol. The highest BCUT2D eigenvalue weighted by Gasteiger charge is 2.17. The van der Waals surface area contributed by atoms with Gasteiger partial charge in [-0.2, -0.15) is 4.68 Å². The second-order valence-corrected chi connectivity index (χ2v) is 7.47. The van der Waals surface area contributed by atoms with Crippen LogP contribution < -0.4 is 14.8 Å². The van der Waals surface area contributed by atoms with E-state index < -0.39 is 0 Å².